The Balaban J connectivity index is 2.02. The quantitative estimate of drug-likeness (QED) is 0.794. The highest BCUT2D eigenvalue weighted by Crippen LogP contribution is 2.38. The van der Waals surface area contributed by atoms with Crippen LogP contribution in [0, 0.1) is 6.92 Å². The third kappa shape index (κ3) is 4.66. The predicted octanol–water partition coefficient (Wildman–Crippen LogP) is 2.39. The van der Waals surface area contributed by atoms with Crippen molar-refractivity contribution in [2.45, 2.75) is 6.92 Å². The largest absolute Gasteiger partial charge is 0.493 e. The van der Waals surface area contributed by atoms with Gasteiger partial charge in [-0.2, -0.15) is 0 Å². The van der Waals surface area contributed by atoms with Crippen molar-refractivity contribution in [1.29, 1.82) is 0 Å². The predicted molar refractivity (Wildman–Crippen MR) is 98.2 cm³/mol. The van der Waals surface area contributed by atoms with Gasteiger partial charge in [-0.3, -0.25) is 9.59 Å². The molecule has 0 aliphatic heterocycles. The van der Waals surface area contributed by atoms with E-state index < -0.39 is 0 Å². The lowest BCUT2D eigenvalue weighted by atomic mass is 10.2. The zero-order valence-corrected chi connectivity index (χ0v) is 15.2. The van der Waals surface area contributed by atoms with Crippen LogP contribution in [0.1, 0.15) is 15.9 Å². The van der Waals surface area contributed by atoms with Crippen molar-refractivity contribution in [1.82, 2.24) is 5.32 Å². The van der Waals surface area contributed by atoms with Gasteiger partial charge < -0.3 is 24.8 Å². The molecule has 0 unspecified atom stereocenters. The van der Waals surface area contributed by atoms with Gasteiger partial charge in [0.1, 0.15) is 0 Å². The topological polar surface area (TPSA) is 85.9 Å². The minimum absolute atomic E-state index is 0.190. The van der Waals surface area contributed by atoms with Gasteiger partial charge in [-0.1, -0.05) is 0 Å². The summed E-state index contributed by atoms with van der Waals surface area (Å²) in [6.07, 6.45) is 0. The van der Waals surface area contributed by atoms with E-state index in [4.69, 9.17) is 14.2 Å². The van der Waals surface area contributed by atoms with Crippen LogP contribution >= 0.6 is 0 Å². The molecule has 2 rings (SSSR count). The Morgan fingerprint density at radius 1 is 1.00 bits per heavy atom. The van der Waals surface area contributed by atoms with Crippen molar-refractivity contribution in [3.8, 4) is 17.2 Å². The Kier molecular flexibility index (Phi) is 6.43. The van der Waals surface area contributed by atoms with Crippen LogP contribution in [0.25, 0.3) is 0 Å². The van der Waals surface area contributed by atoms with Gasteiger partial charge in [-0.15, -0.1) is 0 Å². The number of aryl methyl sites for hydroxylation is 1. The molecule has 138 valence electrons. The van der Waals surface area contributed by atoms with Gasteiger partial charge in [0.25, 0.3) is 11.8 Å². The molecule has 0 radical (unpaired) electrons. The standard InChI is InChI=1S/C19H22N2O5/c1-12-9-15(24-3)18(16(10-12)25-4)26-11-17(22)21-14-7-5-13(6-8-14)19(23)20-2/h5-10H,11H2,1-4H3,(H,20,23)(H,21,22). The van der Waals surface area contributed by atoms with E-state index in [2.05, 4.69) is 10.6 Å². The van der Waals surface area contributed by atoms with Crippen molar-refractivity contribution < 1.29 is 23.8 Å². The highest BCUT2D eigenvalue weighted by atomic mass is 16.5. The molecule has 2 aromatic rings. The number of anilines is 1. The summed E-state index contributed by atoms with van der Waals surface area (Å²) in [4.78, 5) is 23.6. The molecule has 26 heavy (non-hydrogen) atoms. The molecule has 0 aliphatic carbocycles. The second kappa shape index (κ2) is 8.75. The van der Waals surface area contributed by atoms with Gasteiger partial charge in [-0.05, 0) is 48.9 Å². The molecule has 0 fully saturated rings. The summed E-state index contributed by atoms with van der Waals surface area (Å²) in [6, 6.07) is 10.1. The lowest BCUT2D eigenvalue weighted by molar-refractivity contribution is -0.118. The maximum atomic E-state index is 12.1. The Hall–Kier alpha value is -3.22. The molecule has 2 N–H and O–H groups in total. The van der Waals surface area contributed by atoms with Gasteiger partial charge >= 0.3 is 0 Å². The Labute approximate surface area is 152 Å². The third-order valence-corrected chi connectivity index (χ3v) is 3.61. The summed E-state index contributed by atoms with van der Waals surface area (Å²) in [6.45, 7) is 1.69. The number of ether oxygens (including phenoxy) is 3. The van der Waals surface area contributed by atoms with Crippen molar-refractivity contribution in [3.05, 3.63) is 47.5 Å². The first-order valence-corrected chi connectivity index (χ1v) is 7.96. The molecule has 0 bridgehead atoms. The average molecular weight is 358 g/mol. The summed E-state index contributed by atoms with van der Waals surface area (Å²) < 4.78 is 16.2. The molecular formula is C19H22N2O5. The van der Waals surface area contributed by atoms with Crippen LogP contribution in [0.3, 0.4) is 0 Å². The van der Waals surface area contributed by atoms with E-state index in [1.54, 1.807) is 43.4 Å². The number of amides is 2. The van der Waals surface area contributed by atoms with Crippen LogP contribution < -0.4 is 24.8 Å². The van der Waals surface area contributed by atoms with Gasteiger partial charge in [-0.25, -0.2) is 0 Å². The molecule has 0 heterocycles. The fourth-order valence-electron chi connectivity index (χ4n) is 2.34. The van der Waals surface area contributed by atoms with E-state index in [9.17, 15) is 9.59 Å². The Bertz CT molecular complexity index is 762. The normalized spacial score (nSPS) is 10.0. The Morgan fingerprint density at radius 2 is 1.58 bits per heavy atom. The van der Waals surface area contributed by atoms with Gasteiger partial charge in [0.05, 0.1) is 14.2 Å². The first-order chi connectivity index (χ1) is 12.5. The summed E-state index contributed by atoms with van der Waals surface area (Å²) in [5, 5.41) is 5.24. The molecule has 0 spiro atoms. The number of hydrogen-bond acceptors (Lipinski definition) is 5. The smallest absolute Gasteiger partial charge is 0.262 e. The molecule has 0 saturated carbocycles. The van der Waals surface area contributed by atoms with E-state index in [1.165, 1.54) is 14.2 Å². The monoisotopic (exact) mass is 358 g/mol. The van der Waals surface area contributed by atoms with E-state index in [0.29, 0.717) is 28.5 Å². The van der Waals surface area contributed by atoms with Crippen LogP contribution in [0.5, 0.6) is 17.2 Å². The molecule has 0 aromatic heterocycles. The van der Waals surface area contributed by atoms with Gasteiger partial charge in [0.2, 0.25) is 5.75 Å². The zero-order chi connectivity index (χ0) is 19.1. The zero-order valence-electron chi connectivity index (χ0n) is 15.2. The molecule has 0 saturated heterocycles. The van der Waals surface area contributed by atoms with Gasteiger partial charge in [0, 0.05) is 18.3 Å². The number of benzene rings is 2. The molecule has 7 heteroatoms. The maximum Gasteiger partial charge on any atom is 0.262 e. The number of carbonyl (C=O) groups excluding carboxylic acids is 2. The molecule has 0 aliphatic rings. The van der Waals surface area contributed by atoms with E-state index in [0.717, 1.165) is 5.56 Å². The van der Waals surface area contributed by atoms with Crippen LogP contribution in [0.2, 0.25) is 0 Å². The molecule has 7 nitrogen and oxygen atoms in total. The summed E-state index contributed by atoms with van der Waals surface area (Å²) in [5.41, 5.74) is 2.02. The number of methoxy groups -OCH3 is 2. The molecule has 0 atom stereocenters. The van der Waals surface area contributed by atoms with Crippen molar-refractivity contribution in [2.75, 3.05) is 33.2 Å². The van der Waals surface area contributed by atoms with Crippen molar-refractivity contribution in [2.24, 2.45) is 0 Å². The van der Waals surface area contributed by atoms with Crippen LogP contribution in [-0.4, -0.2) is 39.7 Å². The highest BCUT2D eigenvalue weighted by Gasteiger charge is 2.15. The number of rotatable bonds is 7. The van der Waals surface area contributed by atoms with Crippen LogP contribution in [0.4, 0.5) is 5.69 Å². The summed E-state index contributed by atoms with van der Waals surface area (Å²) in [5.74, 6) is 0.812. The SMILES string of the molecule is CNC(=O)c1ccc(NC(=O)COc2c(OC)cc(C)cc2OC)cc1. The van der Waals surface area contributed by atoms with Gasteiger partial charge in [0.15, 0.2) is 18.1 Å². The third-order valence-electron chi connectivity index (χ3n) is 3.61. The molecular weight excluding hydrogens is 336 g/mol. The first-order valence-electron chi connectivity index (χ1n) is 7.96. The van der Waals surface area contributed by atoms with Crippen LogP contribution in [-0.2, 0) is 4.79 Å². The Morgan fingerprint density at radius 3 is 2.08 bits per heavy atom. The number of carbonyl (C=O) groups is 2. The lowest BCUT2D eigenvalue weighted by Gasteiger charge is -2.15. The molecule has 2 amide bonds. The fourth-order valence-corrected chi connectivity index (χ4v) is 2.34. The van der Waals surface area contributed by atoms with E-state index >= 15 is 0 Å². The second-order valence-corrected chi connectivity index (χ2v) is 5.49. The number of nitrogens with one attached hydrogen (secondary N) is 2. The van der Waals surface area contributed by atoms with E-state index in [-0.39, 0.29) is 18.4 Å². The average Bonchev–Trinajstić information content (AvgIpc) is 2.66. The van der Waals surface area contributed by atoms with Crippen molar-refractivity contribution >= 4 is 17.5 Å². The molecule has 2 aromatic carbocycles. The summed E-state index contributed by atoms with van der Waals surface area (Å²) in [7, 11) is 4.60. The summed E-state index contributed by atoms with van der Waals surface area (Å²) >= 11 is 0. The van der Waals surface area contributed by atoms with Crippen molar-refractivity contribution in [3.63, 3.8) is 0 Å². The highest BCUT2D eigenvalue weighted by molar-refractivity contribution is 5.95. The van der Waals surface area contributed by atoms with E-state index in [1.807, 2.05) is 6.92 Å². The minimum Gasteiger partial charge on any atom is -0.493 e. The minimum atomic E-state index is -0.345. The maximum absolute atomic E-state index is 12.1. The fraction of sp³-hybridized carbons (Fsp3) is 0.263. The first kappa shape index (κ1) is 19.1. The number of hydrogen-bond donors (Lipinski definition) is 2. The van der Waals surface area contributed by atoms with Crippen LogP contribution in [0.15, 0.2) is 36.4 Å². The second-order valence-electron chi connectivity index (χ2n) is 5.49. The lowest BCUT2D eigenvalue weighted by Crippen LogP contribution is -2.21.